The van der Waals surface area contributed by atoms with Gasteiger partial charge in [0.05, 0.1) is 0 Å². The van der Waals surface area contributed by atoms with Crippen molar-refractivity contribution >= 4 is 6.09 Å². The highest BCUT2D eigenvalue weighted by Crippen LogP contribution is 2.24. The third kappa shape index (κ3) is 5.82. The number of aromatic nitrogens is 1. The first kappa shape index (κ1) is 17.7. The summed E-state index contributed by atoms with van der Waals surface area (Å²) in [6.07, 6.45) is 6.50. The van der Waals surface area contributed by atoms with Crippen LogP contribution in [0.15, 0.2) is 24.5 Å². The van der Waals surface area contributed by atoms with Gasteiger partial charge in [0.15, 0.2) is 0 Å². The molecule has 1 N–H and O–H groups in total. The second kappa shape index (κ2) is 7.77. The Labute approximate surface area is 139 Å². The van der Waals surface area contributed by atoms with Crippen LogP contribution in [0.4, 0.5) is 4.79 Å². The molecule has 0 spiro atoms. The van der Waals surface area contributed by atoms with Gasteiger partial charge in [-0.05, 0) is 64.7 Å². The van der Waals surface area contributed by atoms with Crippen LogP contribution in [-0.2, 0) is 11.3 Å². The summed E-state index contributed by atoms with van der Waals surface area (Å²) >= 11 is 0. The third-order valence-corrected chi connectivity index (χ3v) is 4.03. The Balaban J connectivity index is 1.82. The Bertz CT molecular complexity index is 499. The zero-order valence-corrected chi connectivity index (χ0v) is 14.7. The quantitative estimate of drug-likeness (QED) is 0.904. The van der Waals surface area contributed by atoms with Crippen LogP contribution >= 0.6 is 0 Å². The van der Waals surface area contributed by atoms with Gasteiger partial charge in [-0.3, -0.25) is 4.98 Å². The van der Waals surface area contributed by atoms with Crippen molar-refractivity contribution in [3.63, 3.8) is 0 Å². The van der Waals surface area contributed by atoms with E-state index in [-0.39, 0.29) is 12.1 Å². The lowest BCUT2D eigenvalue weighted by molar-refractivity contribution is 0.0214. The molecule has 0 bridgehead atoms. The average Bonchev–Trinajstić information content (AvgIpc) is 2.93. The summed E-state index contributed by atoms with van der Waals surface area (Å²) < 4.78 is 5.52. The van der Waals surface area contributed by atoms with Gasteiger partial charge in [-0.1, -0.05) is 0 Å². The molecule has 5 heteroatoms. The number of nitrogens with one attached hydrogen (secondary N) is 1. The summed E-state index contributed by atoms with van der Waals surface area (Å²) in [6, 6.07) is 4.64. The van der Waals surface area contributed by atoms with E-state index >= 15 is 0 Å². The molecule has 0 aliphatic carbocycles. The van der Waals surface area contributed by atoms with Crippen molar-refractivity contribution in [1.29, 1.82) is 0 Å². The first-order valence-electron chi connectivity index (χ1n) is 8.47. The molecule has 1 amide bonds. The maximum absolute atomic E-state index is 12.3. The smallest absolute Gasteiger partial charge is 0.410 e. The van der Waals surface area contributed by atoms with Gasteiger partial charge in [-0.2, -0.15) is 0 Å². The van der Waals surface area contributed by atoms with Crippen LogP contribution in [0.5, 0.6) is 0 Å². The predicted molar refractivity (Wildman–Crippen MR) is 91.1 cm³/mol. The van der Waals surface area contributed by atoms with Crippen molar-refractivity contribution in [2.24, 2.45) is 0 Å². The van der Waals surface area contributed by atoms with E-state index in [2.05, 4.69) is 17.2 Å². The van der Waals surface area contributed by atoms with Crippen molar-refractivity contribution in [2.75, 3.05) is 6.54 Å². The summed E-state index contributed by atoms with van der Waals surface area (Å²) in [5.41, 5.74) is 0.789. The van der Waals surface area contributed by atoms with Crippen LogP contribution in [0.25, 0.3) is 0 Å². The third-order valence-electron chi connectivity index (χ3n) is 4.03. The molecule has 1 aromatic heterocycles. The van der Waals surface area contributed by atoms with Gasteiger partial charge < -0.3 is 15.0 Å². The Kier molecular flexibility index (Phi) is 5.99. The normalized spacial score (nSPS) is 19.7. The molecule has 2 atom stereocenters. The van der Waals surface area contributed by atoms with Crippen molar-refractivity contribution in [3.05, 3.63) is 30.1 Å². The minimum Gasteiger partial charge on any atom is -0.444 e. The van der Waals surface area contributed by atoms with Crippen LogP contribution < -0.4 is 5.32 Å². The molecule has 1 aliphatic rings. The lowest BCUT2D eigenvalue weighted by Crippen LogP contribution is -2.42. The summed E-state index contributed by atoms with van der Waals surface area (Å²) in [7, 11) is 0. The van der Waals surface area contributed by atoms with Gasteiger partial charge in [0.2, 0.25) is 0 Å². The van der Waals surface area contributed by atoms with E-state index in [1.807, 2.05) is 50.2 Å². The second-order valence-electron chi connectivity index (χ2n) is 7.34. The van der Waals surface area contributed by atoms with Gasteiger partial charge in [-0.25, -0.2) is 4.79 Å². The summed E-state index contributed by atoms with van der Waals surface area (Å²) in [4.78, 5) is 18.2. The van der Waals surface area contributed by atoms with Gasteiger partial charge in [0.1, 0.15) is 5.60 Å². The highest BCUT2D eigenvalue weighted by molar-refractivity contribution is 5.68. The highest BCUT2D eigenvalue weighted by Gasteiger charge is 2.32. The minimum absolute atomic E-state index is 0.179. The predicted octanol–water partition coefficient (Wildman–Crippen LogP) is 3.35. The molecule has 2 rings (SSSR count). The van der Waals surface area contributed by atoms with Gasteiger partial charge in [0, 0.05) is 37.6 Å². The SMILES string of the molecule is CC(CC1CCCN1C(=O)OC(C)(C)C)NCc1ccncc1. The van der Waals surface area contributed by atoms with Crippen LogP contribution in [0.2, 0.25) is 0 Å². The summed E-state index contributed by atoms with van der Waals surface area (Å²) in [5, 5.41) is 3.53. The molecule has 23 heavy (non-hydrogen) atoms. The maximum Gasteiger partial charge on any atom is 0.410 e. The van der Waals surface area contributed by atoms with Crippen molar-refractivity contribution in [1.82, 2.24) is 15.2 Å². The topological polar surface area (TPSA) is 54.5 Å². The largest absolute Gasteiger partial charge is 0.444 e. The van der Waals surface area contributed by atoms with Crippen molar-refractivity contribution < 1.29 is 9.53 Å². The van der Waals surface area contributed by atoms with Gasteiger partial charge in [-0.15, -0.1) is 0 Å². The summed E-state index contributed by atoms with van der Waals surface area (Å²) in [6.45, 7) is 9.53. The molecular formula is C18H29N3O2. The van der Waals surface area contributed by atoms with E-state index < -0.39 is 5.60 Å². The van der Waals surface area contributed by atoms with Crippen LogP contribution in [-0.4, -0.2) is 40.2 Å². The molecule has 1 aliphatic heterocycles. The molecule has 5 nitrogen and oxygen atoms in total. The number of likely N-dealkylation sites (tertiary alicyclic amines) is 1. The summed E-state index contributed by atoms with van der Waals surface area (Å²) in [5.74, 6) is 0. The van der Waals surface area contributed by atoms with E-state index in [4.69, 9.17) is 4.74 Å². The Hall–Kier alpha value is -1.62. The fraction of sp³-hybridized carbons (Fsp3) is 0.667. The van der Waals surface area contributed by atoms with Gasteiger partial charge >= 0.3 is 6.09 Å². The zero-order chi connectivity index (χ0) is 16.9. The van der Waals surface area contributed by atoms with E-state index in [0.717, 1.165) is 32.4 Å². The monoisotopic (exact) mass is 319 g/mol. The number of hydrogen-bond donors (Lipinski definition) is 1. The first-order valence-corrected chi connectivity index (χ1v) is 8.47. The molecule has 1 aromatic rings. The first-order chi connectivity index (χ1) is 10.8. The number of amides is 1. The fourth-order valence-electron chi connectivity index (χ4n) is 2.93. The highest BCUT2D eigenvalue weighted by atomic mass is 16.6. The maximum atomic E-state index is 12.3. The Morgan fingerprint density at radius 1 is 1.43 bits per heavy atom. The molecule has 128 valence electrons. The van der Waals surface area contributed by atoms with E-state index in [1.165, 1.54) is 5.56 Å². The number of ether oxygens (including phenoxy) is 1. The molecule has 2 heterocycles. The van der Waals surface area contributed by atoms with E-state index in [9.17, 15) is 4.79 Å². The lowest BCUT2D eigenvalue weighted by atomic mass is 10.1. The Morgan fingerprint density at radius 3 is 2.78 bits per heavy atom. The van der Waals surface area contributed by atoms with Crippen LogP contribution in [0.1, 0.15) is 52.5 Å². The minimum atomic E-state index is -0.435. The van der Waals surface area contributed by atoms with Crippen molar-refractivity contribution in [3.8, 4) is 0 Å². The number of rotatable bonds is 5. The average molecular weight is 319 g/mol. The molecular weight excluding hydrogens is 290 g/mol. The standard InChI is InChI=1S/C18H29N3O2/c1-14(20-13-15-7-9-19-10-8-15)12-16-6-5-11-21(16)17(22)23-18(2,3)4/h7-10,14,16,20H,5-6,11-13H2,1-4H3. The van der Waals surface area contributed by atoms with Crippen molar-refractivity contribution in [2.45, 2.75) is 71.2 Å². The lowest BCUT2D eigenvalue weighted by Gasteiger charge is -2.30. The number of carbonyl (C=O) groups excluding carboxylic acids is 1. The number of carbonyl (C=O) groups is 1. The van der Waals surface area contributed by atoms with Crippen LogP contribution in [0, 0.1) is 0 Å². The van der Waals surface area contributed by atoms with E-state index in [0.29, 0.717) is 6.04 Å². The van der Waals surface area contributed by atoms with Crippen LogP contribution in [0.3, 0.4) is 0 Å². The number of pyridine rings is 1. The van der Waals surface area contributed by atoms with Gasteiger partial charge in [0.25, 0.3) is 0 Å². The molecule has 1 fully saturated rings. The molecule has 0 saturated carbocycles. The zero-order valence-electron chi connectivity index (χ0n) is 14.7. The molecule has 2 unspecified atom stereocenters. The second-order valence-corrected chi connectivity index (χ2v) is 7.34. The molecule has 0 aromatic carbocycles. The number of hydrogen-bond acceptors (Lipinski definition) is 4. The fourth-order valence-corrected chi connectivity index (χ4v) is 2.93. The molecule has 0 radical (unpaired) electrons. The van der Waals surface area contributed by atoms with E-state index in [1.54, 1.807) is 0 Å². The molecule has 1 saturated heterocycles. The Morgan fingerprint density at radius 2 is 2.13 bits per heavy atom. The number of nitrogens with zero attached hydrogens (tertiary/aromatic N) is 2.